The average molecular weight is 280 g/mol. The zero-order valence-electron chi connectivity index (χ0n) is 10.9. The Morgan fingerprint density at radius 1 is 1.26 bits per heavy atom. The molecule has 2 aliphatic rings. The molecule has 1 amide bonds. The first-order chi connectivity index (χ1) is 9.24. The maximum atomic E-state index is 12.3. The number of likely N-dealkylation sites (tertiary alicyclic amines) is 2. The van der Waals surface area contributed by atoms with Gasteiger partial charge < -0.3 is 4.90 Å². The molecule has 0 aromatic carbocycles. The topological polar surface area (TPSA) is 36.4 Å². The van der Waals surface area contributed by atoms with Gasteiger partial charge in [-0.2, -0.15) is 0 Å². The predicted octanol–water partition coefficient (Wildman–Crippen LogP) is 2.05. The molecule has 0 spiro atoms. The summed E-state index contributed by atoms with van der Waals surface area (Å²) in [5.41, 5.74) is 0.631. The third-order valence-corrected chi connectivity index (χ3v) is 4.31. The van der Waals surface area contributed by atoms with Crippen molar-refractivity contribution in [2.75, 3.05) is 26.2 Å². The van der Waals surface area contributed by atoms with Gasteiger partial charge in [0.2, 0.25) is 0 Å². The highest BCUT2D eigenvalue weighted by molar-refractivity contribution is 6.29. The normalized spacial score (nSPS) is 24.1. The smallest absolute Gasteiger partial charge is 0.255 e. The summed E-state index contributed by atoms with van der Waals surface area (Å²) in [4.78, 5) is 20.8. The number of nitrogens with zero attached hydrogens (tertiary/aromatic N) is 3. The van der Waals surface area contributed by atoms with Gasteiger partial charge in [-0.05, 0) is 44.5 Å². The van der Waals surface area contributed by atoms with E-state index in [1.807, 2.05) is 4.90 Å². The molecule has 2 fully saturated rings. The van der Waals surface area contributed by atoms with Crippen LogP contribution in [-0.2, 0) is 0 Å². The van der Waals surface area contributed by atoms with Gasteiger partial charge in [-0.15, -0.1) is 0 Å². The van der Waals surface area contributed by atoms with Crippen LogP contribution in [0.4, 0.5) is 0 Å². The fourth-order valence-corrected chi connectivity index (χ4v) is 3.13. The molecule has 1 unspecified atom stereocenters. The molecule has 2 saturated heterocycles. The van der Waals surface area contributed by atoms with Crippen molar-refractivity contribution in [3.63, 3.8) is 0 Å². The molecule has 0 radical (unpaired) electrons. The summed E-state index contributed by atoms with van der Waals surface area (Å²) in [6.45, 7) is 4.08. The number of hydrogen-bond donors (Lipinski definition) is 0. The summed E-state index contributed by atoms with van der Waals surface area (Å²) >= 11 is 5.74. The van der Waals surface area contributed by atoms with Crippen molar-refractivity contribution in [2.45, 2.75) is 25.3 Å². The Kier molecular flexibility index (Phi) is 3.71. The van der Waals surface area contributed by atoms with E-state index in [1.165, 1.54) is 25.9 Å². The molecule has 0 N–H and O–H groups in total. The molecule has 3 heterocycles. The Hall–Kier alpha value is -1.13. The van der Waals surface area contributed by atoms with Crippen LogP contribution < -0.4 is 0 Å². The van der Waals surface area contributed by atoms with Crippen LogP contribution in [0.15, 0.2) is 18.3 Å². The van der Waals surface area contributed by atoms with E-state index in [-0.39, 0.29) is 5.91 Å². The third-order valence-electron chi connectivity index (χ3n) is 4.08. The number of hydrogen-bond acceptors (Lipinski definition) is 3. The van der Waals surface area contributed by atoms with Crippen molar-refractivity contribution in [1.82, 2.24) is 14.8 Å². The quantitative estimate of drug-likeness (QED) is 0.778. The van der Waals surface area contributed by atoms with Crippen LogP contribution in [0.5, 0.6) is 0 Å². The number of carbonyl (C=O) groups excluding carboxylic acids is 1. The maximum Gasteiger partial charge on any atom is 0.255 e. The number of amides is 1. The summed E-state index contributed by atoms with van der Waals surface area (Å²) in [5, 5.41) is 0.424. The minimum atomic E-state index is 0.0749. The Balaban J connectivity index is 1.63. The van der Waals surface area contributed by atoms with Gasteiger partial charge in [0.25, 0.3) is 5.91 Å². The number of rotatable bonds is 2. The first-order valence-electron chi connectivity index (χ1n) is 6.89. The number of halogens is 1. The Bertz CT molecular complexity index is 456. The van der Waals surface area contributed by atoms with E-state index in [0.29, 0.717) is 16.8 Å². The number of carbonyl (C=O) groups is 1. The molecule has 3 rings (SSSR count). The molecule has 0 saturated carbocycles. The van der Waals surface area contributed by atoms with Gasteiger partial charge in [-0.1, -0.05) is 11.6 Å². The first-order valence-corrected chi connectivity index (χ1v) is 7.27. The van der Waals surface area contributed by atoms with Crippen molar-refractivity contribution in [3.8, 4) is 0 Å². The minimum Gasteiger partial charge on any atom is -0.337 e. The van der Waals surface area contributed by atoms with Crippen LogP contribution in [0, 0.1) is 0 Å². The second-order valence-corrected chi connectivity index (χ2v) is 5.69. The minimum absolute atomic E-state index is 0.0749. The summed E-state index contributed by atoms with van der Waals surface area (Å²) in [5.74, 6) is 0.0749. The Morgan fingerprint density at radius 3 is 2.74 bits per heavy atom. The molecule has 1 atom stereocenters. The van der Waals surface area contributed by atoms with E-state index >= 15 is 0 Å². The van der Waals surface area contributed by atoms with Crippen LogP contribution in [0.2, 0.25) is 5.15 Å². The largest absolute Gasteiger partial charge is 0.337 e. The second-order valence-electron chi connectivity index (χ2n) is 5.31. The molecule has 19 heavy (non-hydrogen) atoms. The van der Waals surface area contributed by atoms with Gasteiger partial charge in [-0.25, -0.2) is 4.98 Å². The van der Waals surface area contributed by atoms with Crippen molar-refractivity contribution in [2.24, 2.45) is 0 Å². The van der Waals surface area contributed by atoms with E-state index in [0.717, 1.165) is 19.5 Å². The highest BCUT2D eigenvalue weighted by Gasteiger charge is 2.31. The molecule has 2 aliphatic heterocycles. The van der Waals surface area contributed by atoms with E-state index in [9.17, 15) is 4.79 Å². The van der Waals surface area contributed by atoms with Gasteiger partial charge in [-0.3, -0.25) is 9.69 Å². The number of aromatic nitrogens is 1. The fourth-order valence-electron chi connectivity index (χ4n) is 3.02. The van der Waals surface area contributed by atoms with Gasteiger partial charge in [0, 0.05) is 25.3 Å². The zero-order valence-corrected chi connectivity index (χ0v) is 11.6. The maximum absolute atomic E-state index is 12.3. The molecule has 0 aliphatic carbocycles. The zero-order chi connectivity index (χ0) is 13.2. The molecule has 0 bridgehead atoms. The van der Waals surface area contributed by atoms with Crippen LogP contribution >= 0.6 is 11.6 Å². The molecular weight excluding hydrogens is 262 g/mol. The van der Waals surface area contributed by atoms with Crippen molar-refractivity contribution in [1.29, 1.82) is 0 Å². The van der Waals surface area contributed by atoms with E-state index in [1.54, 1.807) is 18.3 Å². The average Bonchev–Trinajstić information content (AvgIpc) is 3.10. The fraction of sp³-hybridized carbons (Fsp3) is 0.571. The lowest BCUT2D eigenvalue weighted by Crippen LogP contribution is -2.37. The Morgan fingerprint density at radius 2 is 2.05 bits per heavy atom. The van der Waals surface area contributed by atoms with E-state index in [2.05, 4.69) is 9.88 Å². The summed E-state index contributed by atoms with van der Waals surface area (Å²) < 4.78 is 0. The second kappa shape index (κ2) is 5.47. The lowest BCUT2D eigenvalue weighted by molar-refractivity contribution is 0.0779. The number of pyridine rings is 1. The van der Waals surface area contributed by atoms with Crippen LogP contribution in [0.1, 0.15) is 29.6 Å². The third kappa shape index (κ3) is 2.74. The van der Waals surface area contributed by atoms with Gasteiger partial charge >= 0.3 is 0 Å². The summed E-state index contributed by atoms with van der Waals surface area (Å²) in [7, 11) is 0. The predicted molar refractivity (Wildman–Crippen MR) is 74.4 cm³/mol. The molecular formula is C14H18ClN3O. The van der Waals surface area contributed by atoms with E-state index < -0.39 is 0 Å². The molecule has 1 aromatic heterocycles. The van der Waals surface area contributed by atoms with Crippen molar-refractivity contribution < 1.29 is 4.79 Å². The van der Waals surface area contributed by atoms with E-state index in [4.69, 9.17) is 11.6 Å². The van der Waals surface area contributed by atoms with Crippen molar-refractivity contribution in [3.05, 3.63) is 29.0 Å². The van der Waals surface area contributed by atoms with Crippen LogP contribution in [0.3, 0.4) is 0 Å². The van der Waals surface area contributed by atoms with Crippen molar-refractivity contribution >= 4 is 17.5 Å². The van der Waals surface area contributed by atoms with Crippen LogP contribution in [-0.4, -0.2) is 52.9 Å². The van der Waals surface area contributed by atoms with Gasteiger partial charge in [0.1, 0.15) is 5.15 Å². The van der Waals surface area contributed by atoms with Crippen LogP contribution in [0.25, 0.3) is 0 Å². The molecule has 5 heteroatoms. The SMILES string of the molecule is O=C(c1ccc(Cl)nc1)N1CCC(N2CCCC2)C1. The lowest BCUT2D eigenvalue weighted by Gasteiger charge is -2.23. The highest BCUT2D eigenvalue weighted by Crippen LogP contribution is 2.21. The first kappa shape index (κ1) is 12.9. The molecule has 1 aromatic rings. The standard InChI is InChI=1S/C14H18ClN3O/c15-13-4-3-11(9-16-13)14(19)18-8-5-12(10-18)17-6-1-2-7-17/h3-4,9,12H,1-2,5-8,10H2. The summed E-state index contributed by atoms with van der Waals surface area (Å²) in [6.07, 6.45) is 5.25. The molecule has 4 nitrogen and oxygen atoms in total. The van der Waals surface area contributed by atoms with Gasteiger partial charge in [0.15, 0.2) is 0 Å². The Labute approximate surface area is 118 Å². The van der Waals surface area contributed by atoms with Gasteiger partial charge in [0.05, 0.1) is 5.56 Å². The highest BCUT2D eigenvalue weighted by atomic mass is 35.5. The summed E-state index contributed by atoms with van der Waals surface area (Å²) in [6, 6.07) is 3.97. The monoisotopic (exact) mass is 279 g/mol. The lowest BCUT2D eigenvalue weighted by atomic mass is 10.2. The molecule has 102 valence electrons.